The second-order valence-electron chi connectivity index (χ2n) is 4.24. The van der Waals surface area contributed by atoms with E-state index in [1.165, 1.54) is 0 Å². The van der Waals surface area contributed by atoms with Crippen LogP contribution in [0.2, 0.25) is 0 Å². The van der Waals surface area contributed by atoms with Crippen LogP contribution in [0.25, 0.3) is 0 Å². The maximum atomic E-state index is 12.2. The summed E-state index contributed by atoms with van der Waals surface area (Å²) in [5.74, 6) is 1.17. The first kappa shape index (κ1) is 15.1. The molecular weight excluding hydrogens is 248 g/mol. The van der Waals surface area contributed by atoms with Crippen LogP contribution in [0.3, 0.4) is 0 Å². The van der Waals surface area contributed by atoms with Crippen molar-refractivity contribution in [3.8, 4) is 5.75 Å². The first-order chi connectivity index (χ1) is 8.63. The first-order valence-corrected chi connectivity index (χ1v) is 7.43. The number of aryl methyl sites for hydroxylation is 1. The number of ketones is 1. The Kier molecular flexibility index (Phi) is 6.25. The third kappa shape index (κ3) is 3.77. The third-order valence-corrected chi connectivity index (χ3v) is 4.13. The van der Waals surface area contributed by atoms with Gasteiger partial charge in [0.15, 0.2) is 11.5 Å². The lowest BCUT2D eigenvalue weighted by Gasteiger charge is -2.09. The van der Waals surface area contributed by atoms with Gasteiger partial charge in [0, 0.05) is 11.8 Å². The van der Waals surface area contributed by atoms with E-state index < -0.39 is 0 Å². The van der Waals surface area contributed by atoms with Gasteiger partial charge in [-0.1, -0.05) is 20.8 Å². The standard InChI is InChI=1S/C13H22N2O2S/c1-5-7-15-13(12(17-4)8-14-15)11(16)9-18-10(3)6-2/h8,10H,5-7,9H2,1-4H3. The number of carbonyl (C=O) groups is 1. The first-order valence-electron chi connectivity index (χ1n) is 6.38. The van der Waals surface area contributed by atoms with E-state index in [1.807, 2.05) is 0 Å². The van der Waals surface area contributed by atoms with Crippen molar-refractivity contribution in [1.29, 1.82) is 0 Å². The van der Waals surface area contributed by atoms with Gasteiger partial charge in [-0.2, -0.15) is 16.9 Å². The predicted octanol–water partition coefficient (Wildman–Crippen LogP) is 3.02. The van der Waals surface area contributed by atoms with Crippen molar-refractivity contribution in [1.82, 2.24) is 9.78 Å². The maximum Gasteiger partial charge on any atom is 0.194 e. The van der Waals surface area contributed by atoms with E-state index in [9.17, 15) is 4.79 Å². The molecule has 0 fully saturated rings. The molecule has 1 atom stereocenters. The van der Waals surface area contributed by atoms with Crippen LogP contribution < -0.4 is 4.74 Å². The van der Waals surface area contributed by atoms with Crippen molar-refractivity contribution in [2.24, 2.45) is 0 Å². The van der Waals surface area contributed by atoms with Crippen LogP contribution in [0.15, 0.2) is 6.20 Å². The third-order valence-electron chi connectivity index (χ3n) is 2.80. The van der Waals surface area contributed by atoms with Crippen LogP contribution in [0.1, 0.15) is 44.1 Å². The van der Waals surface area contributed by atoms with E-state index in [0.717, 1.165) is 19.4 Å². The number of Topliss-reactive ketones (excluding diaryl/α,β-unsaturated/α-hetero) is 1. The molecule has 0 saturated carbocycles. The fraction of sp³-hybridized carbons (Fsp3) is 0.692. The van der Waals surface area contributed by atoms with E-state index in [4.69, 9.17) is 4.74 Å². The zero-order valence-corrected chi connectivity index (χ0v) is 12.4. The lowest BCUT2D eigenvalue weighted by Crippen LogP contribution is -2.14. The highest BCUT2D eigenvalue weighted by Gasteiger charge is 2.19. The summed E-state index contributed by atoms with van der Waals surface area (Å²) >= 11 is 1.68. The molecule has 0 aliphatic rings. The molecule has 1 rings (SSSR count). The normalized spacial score (nSPS) is 12.4. The Bertz CT molecular complexity index is 390. The van der Waals surface area contributed by atoms with Gasteiger partial charge in [0.1, 0.15) is 5.69 Å². The van der Waals surface area contributed by atoms with Gasteiger partial charge in [0.05, 0.1) is 19.1 Å². The predicted molar refractivity (Wildman–Crippen MR) is 75.6 cm³/mol. The number of nitrogens with zero attached hydrogens (tertiary/aromatic N) is 2. The number of aromatic nitrogens is 2. The zero-order chi connectivity index (χ0) is 13.5. The molecule has 4 nitrogen and oxygen atoms in total. The molecule has 5 heteroatoms. The quantitative estimate of drug-likeness (QED) is 0.681. The number of hydrogen-bond donors (Lipinski definition) is 0. The summed E-state index contributed by atoms with van der Waals surface area (Å²) in [5, 5.41) is 4.71. The van der Waals surface area contributed by atoms with Gasteiger partial charge in [-0.3, -0.25) is 9.48 Å². The Hall–Kier alpha value is -0.970. The van der Waals surface area contributed by atoms with Crippen molar-refractivity contribution in [2.45, 2.75) is 45.4 Å². The van der Waals surface area contributed by atoms with Gasteiger partial charge in [0.25, 0.3) is 0 Å². The van der Waals surface area contributed by atoms with Gasteiger partial charge in [0.2, 0.25) is 0 Å². The average molecular weight is 270 g/mol. The van der Waals surface area contributed by atoms with Gasteiger partial charge in [-0.05, 0) is 12.8 Å². The molecule has 0 spiro atoms. The Morgan fingerprint density at radius 2 is 2.28 bits per heavy atom. The number of ether oxygens (including phenoxy) is 1. The van der Waals surface area contributed by atoms with Gasteiger partial charge >= 0.3 is 0 Å². The van der Waals surface area contributed by atoms with Crippen LogP contribution in [0, 0.1) is 0 Å². The minimum absolute atomic E-state index is 0.100. The van der Waals surface area contributed by atoms with Crippen molar-refractivity contribution in [3.05, 3.63) is 11.9 Å². The molecule has 0 N–H and O–H groups in total. The smallest absolute Gasteiger partial charge is 0.194 e. The fourth-order valence-electron chi connectivity index (χ4n) is 1.58. The number of methoxy groups -OCH3 is 1. The summed E-state index contributed by atoms with van der Waals surface area (Å²) in [4.78, 5) is 12.2. The minimum Gasteiger partial charge on any atom is -0.493 e. The summed E-state index contributed by atoms with van der Waals surface area (Å²) in [5.41, 5.74) is 0.607. The van der Waals surface area contributed by atoms with E-state index in [1.54, 1.807) is 29.8 Å². The molecule has 1 aromatic heterocycles. The SMILES string of the molecule is CCCn1ncc(OC)c1C(=O)CSC(C)CC. The highest BCUT2D eigenvalue weighted by Crippen LogP contribution is 2.22. The molecule has 1 aromatic rings. The van der Waals surface area contributed by atoms with E-state index >= 15 is 0 Å². The van der Waals surface area contributed by atoms with Crippen LogP contribution >= 0.6 is 11.8 Å². The molecule has 0 bridgehead atoms. The highest BCUT2D eigenvalue weighted by molar-refractivity contribution is 8.00. The number of thioether (sulfide) groups is 1. The van der Waals surface area contributed by atoms with Crippen molar-refractivity contribution < 1.29 is 9.53 Å². The Labute approximate surface area is 113 Å². The zero-order valence-electron chi connectivity index (χ0n) is 11.6. The summed E-state index contributed by atoms with van der Waals surface area (Å²) in [6.45, 7) is 7.08. The van der Waals surface area contributed by atoms with Crippen molar-refractivity contribution in [3.63, 3.8) is 0 Å². The van der Waals surface area contributed by atoms with Gasteiger partial charge < -0.3 is 4.74 Å². The molecule has 0 amide bonds. The molecule has 0 radical (unpaired) electrons. The van der Waals surface area contributed by atoms with E-state index in [2.05, 4.69) is 25.9 Å². The molecule has 18 heavy (non-hydrogen) atoms. The van der Waals surface area contributed by atoms with E-state index in [-0.39, 0.29) is 5.78 Å². The summed E-state index contributed by atoms with van der Waals surface area (Å²) in [7, 11) is 1.58. The molecule has 0 aliphatic heterocycles. The van der Waals surface area contributed by atoms with Crippen LogP contribution in [0.4, 0.5) is 0 Å². The number of rotatable bonds is 8. The second-order valence-corrected chi connectivity index (χ2v) is 5.66. The molecule has 102 valence electrons. The molecule has 1 heterocycles. The fourth-order valence-corrected chi connectivity index (χ4v) is 2.39. The summed E-state index contributed by atoms with van der Waals surface area (Å²) < 4.78 is 6.96. The largest absolute Gasteiger partial charge is 0.493 e. The van der Waals surface area contributed by atoms with Crippen molar-refractivity contribution in [2.75, 3.05) is 12.9 Å². The second kappa shape index (κ2) is 7.46. The lowest BCUT2D eigenvalue weighted by atomic mass is 10.3. The molecule has 0 aromatic carbocycles. The average Bonchev–Trinajstić information content (AvgIpc) is 2.78. The highest BCUT2D eigenvalue weighted by atomic mass is 32.2. The minimum atomic E-state index is 0.100. The van der Waals surface area contributed by atoms with Crippen LogP contribution in [-0.4, -0.2) is 33.7 Å². The number of carbonyl (C=O) groups excluding carboxylic acids is 1. The van der Waals surface area contributed by atoms with E-state index in [0.29, 0.717) is 22.4 Å². The van der Waals surface area contributed by atoms with Gasteiger partial charge in [-0.15, -0.1) is 0 Å². The molecule has 1 unspecified atom stereocenters. The summed E-state index contributed by atoms with van der Waals surface area (Å²) in [6.07, 6.45) is 3.64. The molecule has 0 aliphatic carbocycles. The molecule has 0 saturated heterocycles. The Balaban J connectivity index is 2.79. The van der Waals surface area contributed by atoms with Crippen LogP contribution in [-0.2, 0) is 6.54 Å². The van der Waals surface area contributed by atoms with Crippen LogP contribution in [0.5, 0.6) is 5.75 Å². The van der Waals surface area contributed by atoms with Crippen molar-refractivity contribution >= 4 is 17.5 Å². The lowest BCUT2D eigenvalue weighted by molar-refractivity contribution is 0.100. The Morgan fingerprint density at radius 1 is 1.56 bits per heavy atom. The van der Waals surface area contributed by atoms with Gasteiger partial charge in [-0.25, -0.2) is 0 Å². The maximum absolute atomic E-state index is 12.2. The summed E-state index contributed by atoms with van der Waals surface area (Å²) in [6, 6.07) is 0. The monoisotopic (exact) mass is 270 g/mol. The topological polar surface area (TPSA) is 44.1 Å². The number of hydrogen-bond acceptors (Lipinski definition) is 4. The Morgan fingerprint density at radius 3 is 2.83 bits per heavy atom. The molecular formula is C13H22N2O2S.